The molecular weight excluding hydrogens is 261 g/mol. The number of rotatable bonds is 2. The fourth-order valence-corrected chi connectivity index (χ4v) is 2.36. The molecule has 19 heavy (non-hydrogen) atoms. The van der Waals surface area contributed by atoms with Crippen LogP contribution in [0.3, 0.4) is 0 Å². The lowest BCUT2D eigenvalue weighted by molar-refractivity contribution is 0.184. The predicted octanol–water partition coefficient (Wildman–Crippen LogP) is 1.82. The van der Waals surface area contributed by atoms with Gasteiger partial charge >= 0.3 is 6.09 Å². The van der Waals surface area contributed by atoms with Crippen molar-refractivity contribution in [2.75, 3.05) is 13.1 Å². The number of nitrogens with one attached hydrogen (secondary N) is 2. The largest absolute Gasteiger partial charge is 0.465 e. The van der Waals surface area contributed by atoms with E-state index in [1.165, 1.54) is 0 Å². The van der Waals surface area contributed by atoms with Gasteiger partial charge < -0.3 is 15.7 Å². The van der Waals surface area contributed by atoms with Crippen LogP contribution in [0.25, 0.3) is 0 Å². The van der Waals surface area contributed by atoms with Gasteiger partial charge in [0.1, 0.15) is 5.82 Å². The second-order valence-corrected chi connectivity index (χ2v) is 4.44. The molecule has 0 bridgehead atoms. The first-order valence-corrected chi connectivity index (χ1v) is 5.83. The van der Waals surface area contributed by atoms with E-state index in [2.05, 4.69) is 10.6 Å². The van der Waals surface area contributed by atoms with Crippen molar-refractivity contribution >= 4 is 6.09 Å². The van der Waals surface area contributed by atoms with E-state index >= 15 is 0 Å². The first-order chi connectivity index (χ1) is 8.99. The van der Waals surface area contributed by atoms with E-state index < -0.39 is 35.5 Å². The minimum Gasteiger partial charge on any atom is -0.465 e. The summed E-state index contributed by atoms with van der Waals surface area (Å²) in [5, 5.41) is 14.0. The number of carboxylic acid groups (broad SMARTS) is 1. The number of carbonyl (C=O) groups is 1. The Morgan fingerprint density at radius 3 is 2.63 bits per heavy atom. The topological polar surface area (TPSA) is 61.4 Å². The van der Waals surface area contributed by atoms with Gasteiger partial charge in [0, 0.05) is 18.5 Å². The number of amides is 1. The highest BCUT2D eigenvalue weighted by Crippen LogP contribution is 2.29. The van der Waals surface area contributed by atoms with Crippen LogP contribution in [-0.4, -0.2) is 30.3 Å². The van der Waals surface area contributed by atoms with Crippen molar-refractivity contribution < 1.29 is 23.1 Å². The van der Waals surface area contributed by atoms with Crippen molar-refractivity contribution in [1.29, 1.82) is 0 Å². The van der Waals surface area contributed by atoms with Crippen LogP contribution in [0.1, 0.15) is 17.9 Å². The highest BCUT2D eigenvalue weighted by Gasteiger charge is 2.30. The Morgan fingerprint density at radius 1 is 1.26 bits per heavy atom. The zero-order valence-corrected chi connectivity index (χ0v) is 9.92. The number of hydrogen-bond donors (Lipinski definition) is 3. The summed E-state index contributed by atoms with van der Waals surface area (Å²) in [4.78, 5) is 10.7. The van der Waals surface area contributed by atoms with E-state index in [0.29, 0.717) is 25.6 Å². The van der Waals surface area contributed by atoms with Crippen molar-refractivity contribution in [2.24, 2.45) is 0 Å². The van der Waals surface area contributed by atoms with Crippen LogP contribution in [0.4, 0.5) is 18.0 Å². The van der Waals surface area contributed by atoms with Crippen LogP contribution >= 0.6 is 0 Å². The normalized spacial score (nSPS) is 23.1. The van der Waals surface area contributed by atoms with Gasteiger partial charge in [-0.2, -0.15) is 0 Å². The summed E-state index contributed by atoms with van der Waals surface area (Å²) in [5.74, 6) is -3.77. The van der Waals surface area contributed by atoms with Crippen molar-refractivity contribution in [3.63, 3.8) is 0 Å². The number of hydrogen-bond acceptors (Lipinski definition) is 2. The Bertz CT molecular complexity index is 496. The van der Waals surface area contributed by atoms with E-state index in [1.54, 1.807) is 0 Å². The summed E-state index contributed by atoms with van der Waals surface area (Å²) >= 11 is 0. The molecule has 0 spiro atoms. The summed E-state index contributed by atoms with van der Waals surface area (Å²) in [5.41, 5.74) is -0.000787. The Labute approximate surface area is 107 Å². The molecule has 7 heteroatoms. The standard InChI is InChI=1S/C12H13F3N2O2/c13-8-4-10(15)9(14)3-7(8)6-1-2-16-5-11(6)17-12(18)19/h3-4,6,11,16-17H,1-2,5H2,(H,18,19)/t6-,11+/m1/s1. The van der Waals surface area contributed by atoms with Crippen molar-refractivity contribution in [1.82, 2.24) is 10.6 Å². The quantitative estimate of drug-likeness (QED) is 0.721. The summed E-state index contributed by atoms with van der Waals surface area (Å²) in [6.45, 7) is 0.871. The maximum atomic E-state index is 13.7. The third-order valence-corrected chi connectivity index (χ3v) is 3.23. The molecule has 1 fully saturated rings. The van der Waals surface area contributed by atoms with E-state index in [4.69, 9.17) is 5.11 Å². The monoisotopic (exact) mass is 274 g/mol. The van der Waals surface area contributed by atoms with Crippen LogP contribution in [0.15, 0.2) is 12.1 Å². The molecule has 0 radical (unpaired) electrons. The van der Waals surface area contributed by atoms with Gasteiger partial charge in [-0.15, -0.1) is 0 Å². The van der Waals surface area contributed by atoms with Gasteiger partial charge in [0.15, 0.2) is 11.6 Å². The van der Waals surface area contributed by atoms with E-state index in [-0.39, 0.29) is 5.56 Å². The molecule has 3 N–H and O–H groups in total. The third-order valence-electron chi connectivity index (χ3n) is 3.23. The molecule has 1 aliphatic heterocycles. The SMILES string of the molecule is O=C(O)N[C@H]1CNCC[C@@H]1c1cc(F)c(F)cc1F. The maximum Gasteiger partial charge on any atom is 0.404 e. The van der Waals surface area contributed by atoms with Gasteiger partial charge in [-0.25, -0.2) is 18.0 Å². The third kappa shape index (κ3) is 2.98. The molecule has 1 heterocycles. The zero-order valence-electron chi connectivity index (χ0n) is 9.92. The molecule has 0 unspecified atom stereocenters. The highest BCUT2D eigenvalue weighted by molar-refractivity contribution is 5.65. The molecule has 1 aliphatic rings. The van der Waals surface area contributed by atoms with Gasteiger partial charge in [-0.3, -0.25) is 0 Å². The molecule has 2 rings (SSSR count). The Balaban J connectivity index is 2.31. The van der Waals surface area contributed by atoms with Gasteiger partial charge in [-0.1, -0.05) is 0 Å². The fourth-order valence-electron chi connectivity index (χ4n) is 2.36. The number of benzene rings is 1. The highest BCUT2D eigenvalue weighted by atomic mass is 19.2. The summed E-state index contributed by atoms with van der Waals surface area (Å²) in [7, 11) is 0. The smallest absolute Gasteiger partial charge is 0.404 e. The average Bonchev–Trinajstić information content (AvgIpc) is 2.34. The van der Waals surface area contributed by atoms with Gasteiger partial charge in [0.25, 0.3) is 0 Å². The fraction of sp³-hybridized carbons (Fsp3) is 0.417. The predicted molar refractivity (Wildman–Crippen MR) is 61.5 cm³/mol. The lowest BCUT2D eigenvalue weighted by atomic mass is 9.85. The lowest BCUT2D eigenvalue weighted by Crippen LogP contribution is -2.49. The van der Waals surface area contributed by atoms with Crippen molar-refractivity contribution in [2.45, 2.75) is 18.4 Å². The maximum absolute atomic E-state index is 13.7. The molecule has 104 valence electrons. The Morgan fingerprint density at radius 2 is 1.95 bits per heavy atom. The van der Waals surface area contributed by atoms with Crippen molar-refractivity contribution in [3.05, 3.63) is 35.1 Å². The Kier molecular flexibility index (Phi) is 3.94. The molecule has 1 aromatic carbocycles. The Hall–Kier alpha value is -1.76. The molecule has 2 atom stereocenters. The average molecular weight is 274 g/mol. The summed E-state index contributed by atoms with van der Waals surface area (Å²) < 4.78 is 39.8. The first-order valence-electron chi connectivity index (χ1n) is 5.83. The van der Waals surface area contributed by atoms with E-state index in [1.807, 2.05) is 0 Å². The number of piperidine rings is 1. The molecule has 0 aliphatic carbocycles. The van der Waals surface area contributed by atoms with E-state index in [9.17, 15) is 18.0 Å². The van der Waals surface area contributed by atoms with Crippen LogP contribution in [-0.2, 0) is 0 Å². The van der Waals surface area contributed by atoms with Gasteiger partial charge in [0.2, 0.25) is 0 Å². The lowest BCUT2D eigenvalue weighted by Gasteiger charge is -2.32. The zero-order chi connectivity index (χ0) is 14.0. The van der Waals surface area contributed by atoms with Crippen LogP contribution in [0, 0.1) is 17.5 Å². The summed E-state index contributed by atoms with van der Waals surface area (Å²) in [6.07, 6.45) is -0.797. The molecule has 1 amide bonds. The minimum atomic E-state index is -1.25. The molecular formula is C12H13F3N2O2. The van der Waals surface area contributed by atoms with Crippen molar-refractivity contribution in [3.8, 4) is 0 Å². The molecule has 0 aromatic heterocycles. The van der Waals surface area contributed by atoms with Crippen LogP contribution in [0.5, 0.6) is 0 Å². The number of halogens is 3. The molecule has 0 saturated carbocycles. The minimum absolute atomic E-state index is 0.000787. The summed E-state index contributed by atoms with van der Waals surface area (Å²) in [6, 6.07) is 0.715. The first kappa shape index (κ1) is 13.7. The second kappa shape index (κ2) is 5.48. The second-order valence-electron chi connectivity index (χ2n) is 4.44. The van der Waals surface area contributed by atoms with Crippen LogP contribution in [0.2, 0.25) is 0 Å². The molecule has 1 aromatic rings. The van der Waals surface area contributed by atoms with Gasteiger partial charge in [-0.05, 0) is 24.6 Å². The molecule has 4 nitrogen and oxygen atoms in total. The molecule has 1 saturated heterocycles. The van der Waals surface area contributed by atoms with E-state index in [0.717, 1.165) is 6.07 Å². The van der Waals surface area contributed by atoms with Crippen LogP contribution < -0.4 is 10.6 Å². The van der Waals surface area contributed by atoms with Gasteiger partial charge in [0.05, 0.1) is 6.04 Å².